The average molecular weight is 288 g/mol. The van der Waals surface area contributed by atoms with E-state index < -0.39 is 5.60 Å². The topological polar surface area (TPSA) is 62.5 Å². The van der Waals surface area contributed by atoms with E-state index in [-0.39, 0.29) is 0 Å². The number of aliphatic hydroxyl groups is 1. The number of nitrogens with zero attached hydrogens (tertiary/aromatic N) is 3. The molecule has 0 radical (unpaired) electrons. The van der Waals surface area contributed by atoms with Crippen LogP contribution >= 0.6 is 11.3 Å². The molecule has 0 spiro atoms. The lowest BCUT2D eigenvalue weighted by Crippen LogP contribution is -2.30. The van der Waals surface area contributed by atoms with Crippen molar-refractivity contribution >= 4 is 22.7 Å². The molecule has 0 aromatic carbocycles. The zero-order chi connectivity index (χ0) is 14.2. The molecule has 0 saturated carbocycles. The molecule has 0 aliphatic heterocycles. The molecular weight excluding hydrogens is 272 g/mol. The Morgan fingerprint density at radius 3 is 3.10 bits per heavy atom. The molecule has 0 bridgehead atoms. The Morgan fingerprint density at radius 1 is 1.50 bits per heavy atom. The standard InChI is InChI=1S/C14H16N4OS/c1-10-8-11-13(15-5-6-18(11)17-10)16-9-14(2,19)12-4-3-7-20-12/h3-8,19H,9H2,1-2H3,(H,15,16). The molecule has 1 unspecified atom stereocenters. The molecule has 104 valence electrons. The fourth-order valence-electron chi connectivity index (χ4n) is 2.11. The lowest BCUT2D eigenvalue weighted by atomic mass is 10.1. The summed E-state index contributed by atoms with van der Waals surface area (Å²) in [4.78, 5) is 5.26. The third kappa shape index (κ3) is 2.39. The van der Waals surface area contributed by atoms with Crippen molar-refractivity contribution in [3.8, 4) is 0 Å². The lowest BCUT2D eigenvalue weighted by molar-refractivity contribution is 0.0754. The van der Waals surface area contributed by atoms with Crippen LogP contribution in [0.3, 0.4) is 0 Å². The van der Waals surface area contributed by atoms with Crippen molar-refractivity contribution in [2.75, 3.05) is 11.9 Å². The van der Waals surface area contributed by atoms with Gasteiger partial charge in [-0.25, -0.2) is 9.50 Å². The average Bonchev–Trinajstić information content (AvgIpc) is 3.04. The zero-order valence-corrected chi connectivity index (χ0v) is 12.2. The van der Waals surface area contributed by atoms with E-state index in [1.54, 1.807) is 29.0 Å². The van der Waals surface area contributed by atoms with Crippen LogP contribution in [-0.2, 0) is 5.60 Å². The lowest BCUT2D eigenvalue weighted by Gasteiger charge is -2.22. The van der Waals surface area contributed by atoms with Gasteiger partial charge in [0, 0.05) is 23.8 Å². The Hall–Kier alpha value is -1.92. The molecule has 0 aliphatic rings. The van der Waals surface area contributed by atoms with Gasteiger partial charge < -0.3 is 10.4 Å². The molecule has 0 amide bonds. The summed E-state index contributed by atoms with van der Waals surface area (Å²) in [7, 11) is 0. The third-order valence-electron chi connectivity index (χ3n) is 3.16. The number of fused-ring (bicyclic) bond motifs is 1. The van der Waals surface area contributed by atoms with Gasteiger partial charge >= 0.3 is 0 Å². The van der Waals surface area contributed by atoms with E-state index in [1.807, 2.05) is 36.7 Å². The maximum absolute atomic E-state index is 10.5. The highest BCUT2D eigenvalue weighted by Gasteiger charge is 2.24. The minimum atomic E-state index is -0.919. The van der Waals surface area contributed by atoms with E-state index in [2.05, 4.69) is 15.4 Å². The predicted octanol–water partition coefficient (Wildman–Crippen LogP) is 2.42. The van der Waals surface area contributed by atoms with Crippen molar-refractivity contribution in [3.05, 3.63) is 46.5 Å². The number of hydrogen-bond acceptors (Lipinski definition) is 5. The number of aromatic nitrogens is 3. The summed E-state index contributed by atoms with van der Waals surface area (Å²) in [5.41, 5.74) is 0.927. The van der Waals surface area contributed by atoms with Crippen LogP contribution in [0.4, 0.5) is 5.82 Å². The molecule has 0 saturated heterocycles. The normalized spacial score (nSPS) is 14.3. The minimum Gasteiger partial charge on any atom is -0.383 e. The highest BCUT2D eigenvalue weighted by molar-refractivity contribution is 7.10. The number of rotatable bonds is 4. The van der Waals surface area contributed by atoms with Crippen LogP contribution in [0.1, 0.15) is 17.5 Å². The Balaban J connectivity index is 1.83. The van der Waals surface area contributed by atoms with Crippen LogP contribution in [-0.4, -0.2) is 26.2 Å². The molecule has 5 nitrogen and oxygen atoms in total. The Kier molecular flexibility index (Phi) is 3.19. The fourth-order valence-corrected chi connectivity index (χ4v) is 2.90. The van der Waals surface area contributed by atoms with Crippen LogP contribution in [0.25, 0.3) is 5.52 Å². The number of anilines is 1. The number of aryl methyl sites for hydroxylation is 1. The molecule has 0 fully saturated rings. The minimum absolute atomic E-state index is 0.393. The molecule has 0 aliphatic carbocycles. The molecule has 20 heavy (non-hydrogen) atoms. The number of hydrogen-bond donors (Lipinski definition) is 2. The second-order valence-electron chi connectivity index (χ2n) is 5.00. The van der Waals surface area contributed by atoms with E-state index >= 15 is 0 Å². The van der Waals surface area contributed by atoms with Crippen molar-refractivity contribution in [2.45, 2.75) is 19.4 Å². The smallest absolute Gasteiger partial charge is 0.152 e. The Bertz CT molecular complexity index is 718. The quantitative estimate of drug-likeness (QED) is 0.774. The summed E-state index contributed by atoms with van der Waals surface area (Å²) in [6.45, 7) is 4.14. The van der Waals surface area contributed by atoms with Gasteiger partial charge in [0.05, 0.1) is 5.69 Å². The molecular formula is C14H16N4OS. The fraction of sp³-hybridized carbons (Fsp3) is 0.286. The van der Waals surface area contributed by atoms with E-state index in [9.17, 15) is 5.11 Å². The zero-order valence-electron chi connectivity index (χ0n) is 11.4. The summed E-state index contributed by atoms with van der Waals surface area (Å²) >= 11 is 1.54. The summed E-state index contributed by atoms with van der Waals surface area (Å²) in [5.74, 6) is 0.727. The van der Waals surface area contributed by atoms with Gasteiger partial charge in [-0.05, 0) is 31.4 Å². The summed E-state index contributed by atoms with van der Waals surface area (Å²) in [5, 5.41) is 20.0. The van der Waals surface area contributed by atoms with Gasteiger partial charge in [-0.15, -0.1) is 11.3 Å². The second-order valence-corrected chi connectivity index (χ2v) is 5.94. The molecule has 3 aromatic rings. The van der Waals surface area contributed by atoms with Gasteiger partial charge in [-0.1, -0.05) is 6.07 Å². The molecule has 3 rings (SSSR count). The van der Waals surface area contributed by atoms with Gasteiger partial charge in [0.1, 0.15) is 11.1 Å². The Morgan fingerprint density at radius 2 is 2.35 bits per heavy atom. The maximum atomic E-state index is 10.5. The molecule has 3 heterocycles. The number of nitrogens with one attached hydrogen (secondary N) is 1. The van der Waals surface area contributed by atoms with Crippen LogP contribution in [0.5, 0.6) is 0 Å². The van der Waals surface area contributed by atoms with Crippen LogP contribution < -0.4 is 5.32 Å². The first-order chi connectivity index (χ1) is 9.56. The SMILES string of the molecule is Cc1cc2c(NCC(C)(O)c3cccs3)nccn2n1. The first kappa shape index (κ1) is 13.1. The van der Waals surface area contributed by atoms with Gasteiger partial charge in [-0.2, -0.15) is 5.10 Å². The number of thiophene rings is 1. The van der Waals surface area contributed by atoms with Crippen molar-refractivity contribution in [3.63, 3.8) is 0 Å². The largest absolute Gasteiger partial charge is 0.383 e. The van der Waals surface area contributed by atoms with Crippen molar-refractivity contribution in [2.24, 2.45) is 0 Å². The maximum Gasteiger partial charge on any atom is 0.152 e. The summed E-state index contributed by atoms with van der Waals surface area (Å²) in [6.07, 6.45) is 3.51. The van der Waals surface area contributed by atoms with Crippen LogP contribution in [0.2, 0.25) is 0 Å². The summed E-state index contributed by atoms with van der Waals surface area (Å²) in [6, 6.07) is 5.84. The molecule has 2 N–H and O–H groups in total. The van der Waals surface area contributed by atoms with Crippen molar-refractivity contribution in [1.82, 2.24) is 14.6 Å². The van der Waals surface area contributed by atoms with Crippen LogP contribution in [0, 0.1) is 6.92 Å². The molecule has 3 aromatic heterocycles. The first-order valence-corrected chi connectivity index (χ1v) is 7.25. The highest BCUT2D eigenvalue weighted by Crippen LogP contribution is 2.26. The van der Waals surface area contributed by atoms with E-state index in [4.69, 9.17) is 0 Å². The van der Waals surface area contributed by atoms with Crippen molar-refractivity contribution in [1.29, 1.82) is 0 Å². The van der Waals surface area contributed by atoms with Gasteiger partial charge in [0.2, 0.25) is 0 Å². The van der Waals surface area contributed by atoms with Gasteiger partial charge in [0.25, 0.3) is 0 Å². The van der Waals surface area contributed by atoms with Gasteiger partial charge in [0.15, 0.2) is 5.82 Å². The van der Waals surface area contributed by atoms with E-state index in [1.165, 1.54) is 0 Å². The second kappa shape index (κ2) is 4.88. The summed E-state index contributed by atoms with van der Waals surface area (Å²) < 4.78 is 1.78. The highest BCUT2D eigenvalue weighted by atomic mass is 32.1. The van der Waals surface area contributed by atoms with Crippen LogP contribution in [0.15, 0.2) is 36.0 Å². The van der Waals surface area contributed by atoms with Crippen molar-refractivity contribution < 1.29 is 5.11 Å². The van der Waals surface area contributed by atoms with Gasteiger partial charge in [-0.3, -0.25) is 0 Å². The molecule has 1 atom stereocenters. The predicted molar refractivity (Wildman–Crippen MR) is 80.1 cm³/mol. The molecule has 6 heteroatoms. The monoisotopic (exact) mass is 288 g/mol. The van der Waals surface area contributed by atoms with E-state index in [0.717, 1.165) is 21.9 Å². The Labute approximate surface area is 120 Å². The third-order valence-corrected chi connectivity index (χ3v) is 4.29. The first-order valence-electron chi connectivity index (χ1n) is 6.37. The van der Waals surface area contributed by atoms with E-state index in [0.29, 0.717) is 6.54 Å².